The number of nitrogens with one attached hydrogen (secondary N) is 2. The third-order valence-electron chi connectivity index (χ3n) is 6.93. The maximum Gasteiger partial charge on any atom is 0.407 e. The van der Waals surface area contributed by atoms with Gasteiger partial charge in [-0.1, -0.05) is 78.9 Å². The molecule has 2 amide bonds. The van der Waals surface area contributed by atoms with Crippen LogP contribution in [-0.2, 0) is 20.9 Å². The minimum atomic E-state index is -1.91. The van der Waals surface area contributed by atoms with Crippen LogP contribution in [0.15, 0.2) is 78.9 Å². The van der Waals surface area contributed by atoms with Crippen molar-refractivity contribution in [1.82, 2.24) is 15.5 Å². The second kappa shape index (κ2) is 12.1. The zero-order chi connectivity index (χ0) is 28.0. The molecule has 204 valence electrons. The first-order chi connectivity index (χ1) is 18.7. The van der Waals surface area contributed by atoms with E-state index in [4.69, 9.17) is 4.74 Å². The van der Waals surface area contributed by atoms with Crippen molar-refractivity contribution in [1.29, 1.82) is 0 Å². The predicted molar refractivity (Wildman–Crippen MR) is 146 cm³/mol. The lowest BCUT2D eigenvalue weighted by atomic mass is 9.98. The van der Waals surface area contributed by atoms with Gasteiger partial charge in [0.25, 0.3) is 0 Å². The molecule has 4 N–H and O–H groups in total. The number of carbonyl (C=O) groups excluding carboxylic acids is 2. The molecule has 0 heterocycles. The minimum absolute atomic E-state index is 0.0670. The molecule has 0 fully saturated rings. The summed E-state index contributed by atoms with van der Waals surface area (Å²) in [7, 11) is 1.79. The lowest BCUT2D eigenvalue weighted by Gasteiger charge is -2.29. The number of nitrogens with zero attached hydrogens (tertiary/aromatic N) is 1. The number of hydrogen-bond donors (Lipinski definition) is 4. The number of benzene rings is 3. The van der Waals surface area contributed by atoms with E-state index >= 15 is 0 Å². The Kier molecular flexibility index (Phi) is 8.63. The highest BCUT2D eigenvalue weighted by Gasteiger charge is 2.37. The number of fused-ring (bicyclic) bond motifs is 3. The van der Waals surface area contributed by atoms with Crippen molar-refractivity contribution in [3.63, 3.8) is 0 Å². The number of likely N-dealkylation sites (N-methyl/N-ethyl adjacent to an activating group) is 1. The molecule has 0 aliphatic heterocycles. The second-order valence-electron chi connectivity index (χ2n) is 9.99. The van der Waals surface area contributed by atoms with Crippen LogP contribution in [0.4, 0.5) is 4.79 Å². The molecule has 0 aromatic heterocycles. The van der Waals surface area contributed by atoms with E-state index in [9.17, 15) is 24.6 Å². The molecule has 0 spiro atoms. The number of ether oxygens (including phenoxy) is 1. The maximum absolute atomic E-state index is 13.2. The predicted octanol–water partition coefficient (Wildman–Crippen LogP) is 2.98. The molecule has 2 atom stereocenters. The van der Waals surface area contributed by atoms with Crippen molar-refractivity contribution < 1.29 is 29.3 Å². The minimum Gasteiger partial charge on any atom is -0.479 e. The Morgan fingerprint density at radius 1 is 0.949 bits per heavy atom. The number of alkyl carbamates (subject to hydrolysis) is 1. The summed E-state index contributed by atoms with van der Waals surface area (Å²) >= 11 is 0. The molecule has 39 heavy (non-hydrogen) atoms. The SMILES string of the molecule is CN(Cc1ccccc1)CC(NC(=O)OCC1c2ccccc2-c2ccccc21)C(=O)NC(C)(CO)C(=O)O. The summed E-state index contributed by atoms with van der Waals surface area (Å²) in [5.41, 5.74) is 3.41. The van der Waals surface area contributed by atoms with Gasteiger partial charge in [0.1, 0.15) is 12.6 Å². The third kappa shape index (κ3) is 6.45. The van der Waals surface area contributed by atoms with Crippen molar-refractivity contribution in [2.75, 3.05) is 26.8 Å². The Labute approximate surface area is 227 Å². The molecule has 0 radical (unpaired) electrons. The van der Waals surface area contributed by atoms with Gasteiger partial charge >= 0.3 is 12.1 Å². The van der Waals surface area contributed by atoms with Gasteiger partial charge in [0.05, 0.1) is 6.61 Å². The van der Waals surface area contributed by atoms with Gasteiger partial charge in [0.15, 0.2) is 5.54 Å². The average molecular weight is 532 g/mol. The molecule has 3 aromatic carbocycles. The summed E-state index contributed by atoms with van der Waals surface area (Å²) in [6.45, 7) is 1.02. The number of hydrogen-bond acceptors (Lipinski definition) is 6. The van der Waals surface area contributed by atoms with Crippen LogP contribution < -0.4 is 10.6 Å². The molecule has 9 nitrogen and oxygen atoms in total. The zero-order valence-corrected chi connectivity index (χ0v) is 22.0. The summed E-state index contributed by atoms with van der Waals surface area (Å²) in [5.74, 6) is -2.29. The monoisotopic (exact) mass is 531 g/mol. The van der Waals surface area contributed by atoms with Crippen LogP contribution in [-0.4, -0.2) is 71.5 Å². The number of aliphatic hydroxyl groups excluding tert-OH is 1. The average Bonchev–Trinajstić information content (AvgIpc) is 3.25. The van der Waals surface area contributed by atoms with Crippen molar-refractivity contribution in [2.45, 2.75) is 31.0 Å². The summed E-state index contributed by atoms with van der Waals surface area (Å²) < 4.78 is 5.61. The lowest BCUT2D eigenvalue weighted by molar-refractivity contribution is -0.149. The van der Waals surface area contributed by atoms with Gasteiger partial charge in [-0.25, -0.2) is 9.59 Å². The number of aliphatic carboxylic acids is 1. The summed E-state index contributed by atoms with van der Waals surface area (Å²) in [5, 5.41) is 24.0. The summed E-state index contributed by atoms with van der Waals surface area (Å²) in [6, 6.07) is 24.4. The molecule has 9 heteroatoms. The van der Waals surface area contributed by atoms with Gasteiger partial charge in [-0.2, -0.15) is 0 Å². The molecular formula is C30H33N3O6. The van der Waals surface area contributed by atoms with E-state index in [0.717, 1.165) is 27.8 Å². The molecular weight excluding hydrogens is 498 g/mol. The topological polar surface area (TPSA) is 128 Å². The van der Waals surface area contributed by atoms with Crippen LogP contribution in [0.25, 0.3) is 11.1 Å². The zero-order valence-electron chi connectivity index (χ0n) is 22.0. The number of carbonyl (C=O) groups is 3. The standard InChI is InChI=1S/C30H33N3O6/c1-30(19-34,28(36)37)32-27(35)26(17-33(2)16-20-10-4-3-5-11-20)31-29(38)39-18-25-23-14-8-6-12-21(23)22-13-7-9-15-24(22)25/h3-15,25-26,34H,16-19H2,1-2H3,(H,31,38)(H,32,35)(H,36,37). The Bertz CT molecular complexity index is 1290. The molecule has 4 rings (SSSR count). The quantitative estimate of drug-likeness (QED) is 0.300. The van der Waals surface area contributed by atoms with E-state index in [1.807, 2.05) is 83.8 Å². The smallest absolute Gasteiger partial charge is 0.407 e. The fourth-order valence-corrected chi connectivity index (χ4v) is 4.77. The first-order valence-corrected chi connectivity index (χ1v) is 12.7. The molecule has 0 saturated heterocycles. The van der Waals surface area contributed by atoms with E-state index in [-0.39, 0.29) is 19.1 Å². The molecule has 2 unspecified atom stereocenters. The van der Waals surface area contributed by atoms with Gasteiger partial charge in [-0.15, -0.1) is 0 Å². The third-order valence-corrected chi connectivity index (χ3v) is 6.93. The molecule has 0 bridgehead atoms. The first kappa shape index (κ1) is 27.8. The van der Waals surface area contributed by atoms with Crippen LogP contribution in [0, 0.1) is 0 Å². The van der Waals surface area contributed by atoms with Crippen LogP contribution >= 0.6 is 0 Å². The van der Waals surface area contributed by atoms with E-state index in [2.05, 4.69) is 10.6 Å². The van der Waals surface area contributed by atoms with E-state index in [1.165, 1.54) is 6.92 Å². The Balaban J connectivity index is 1.46. The number of carboxylic acids is 1. The Morgan fingerprint density at radius 2 is 1.51 bits per heavy atom. The number of amides is 2. The number of aliphatic hydroxyl groups is 1. The Morgan fingerprint density at radius 3 is 2.08 bits per heavy atom. The van der Waals surface area contributed by atoms with Gasteiger partial charge in [0.2, 0.25) is 5.91 Å². The molecule has 1 aliphatic carbocycles. The van der Waals surface area contributed by atoms with Crippen LogP contribution in [0.3, 0.4) is 0 Å². The first-order valence-electron chi connectivity index (χ1n) is 12.7. The molecule has 3 aromatic rings. The summed E-state index contributed by atoms with van der Waals surface area (Å²) in [4.78, 5) is 39.6. The van der Waals surface area contributed by atoms with E-state index < -0.39 is 36.2 Å². The van der Waals surface area contributed by atoms with Crippen LogP contribution in [0.2, 0.25) is 0 Å². The van der Waals surface area contributed by atoms with Crippen molar-refractivity contribution in [2.24, 2.45) is 0 Å². The van der Waals surface area contributed by atoms with Crippen LogP contribution in [0.5, 0.6) is 0 Å². The highest BCUT2D eigenvalue weighted by Crippen LogP contribution is 2.44. The lowest BCUT2D eigenvalue weighted by Crippen LogP contribution is -2.61. The van der Waals surface area contributed by atoms with E-state index in [0.29, 0.717) is 6.54 Å². The van der Waals surface area contributed by atoms with Crippen LogP contribution in [0.1, 0.15) is 29.5 Å². The highest BCUT2D eigenvalue weighted by atomic mass is 16.5. The number of carboxylic acid groups (broad SMARTS) is 1. The van der Waals surface area contributed by atoms with Crippen molar-refractivity contribution >= 4 is 18.0 Å². The largest absolute Gasteiger partial charge is 0.479 e. The van der Waals surface area contributed by atoms with Gasteiger partial charge in [0, 0.05) is 19.0 Å². The van der Waals surface area contributed by atoms with Gasteiger partial charge < -0.3 is 25.6 Å². The highest BCUT2D eigenvalue weighted by molar-refractivity contribution is 5.91. The van der Waals surface area contributed by atoms with Crippen molar-refractivity contribution in [3.8, 4) is 11.1 Å². The maximum atomic E-state index is 13.2. The normalized spacial score (nSPS) is 14.6. The van der Waals surface area contributed by atoms with Gasteiger partial charge in [-0.05, 0) is 41.8 Å². The molecule has 0 saturated carbocycles. The van der Waals surface area contributed by atoms with E-state index in [1.54, 1.807) is 7.05 Å². The van der Waals surface area contributed by atoms with Crippen molar-refractivity contribution in [3.05, 3.63) is 95.6 Å². The fourth-order valence-electron chi connectivity index (χ4n) is 4.77. The Hall–Kier alpha value is -4.21. The fraction of sp³-hybridized carbons (Fsp3) is 0.300. The number of rotatable bonds is 11. The summed E-state index contributed by atoms with van der Waals surface area (Å²) in [6.07, 6.45) is -0.800. The molecule has 1 aliphatic rings. The van der Waals surface area contributed by atoms with Gasteiger partial charge in [-0.3, -0.25) is 9.69 Å². The second-order valence-corrected chi connectivity index (χ2v) is 9.99.